The quantitative estimate of drug-likeness (QED) is 0.253. The molecule has 7 N–H and O–H groups in total. The first-order valence-electron chi connectivity index (χ1n) is 11.0. The van der Waals surface area contributed by atoms with Crippen molar-refractivity contribution in [3.8, 4) is 0 Å². The van der Waals surface area contributed by atoms with Gasteiger partial charge in [-0.25, -0.2) is 0 Å². The Bertz CT molecular complexity index is 578. The molecule has 0 aromatic carbocycles. The van der Waals surface area contributed by atoms with Crippen molar-refractivity contribution in [3.05, 3.63) is 0 Å². The van der Waals surface area contributed by atoms with Crippen LogP contribution in [0.1, 0.15) is 60.8 Å². The van der Waals surface area contributed by atoms with Gasteiger partial charge in [0.1, 0.15) is 24.4 Å². The molecule has 0 spiro atoms. The van der Waals surface area contributed by atoms with Crippen molar-refractivity contribution in [1.29, 1.82) is 0 Å². The summed E-state index contributed by atoms with van der Waals surface area (Å²) in [7, 11) is 0. The first kappa shape index (κ1) is 32.0. The SMILES string of the molecule is CC(C)(C)O[C@@H]1CC[C@@H](O)[C@H](O)[C@H]1O.CC(C)(C)O[C@@H]1C[C@H](CO)[C@@H](O)[C@H](O)[C@H]1O.O=C=O. The zero-order valence-electron chi connectivity index (χ0n) is 20.3. The number of aliphatic hydroxyl groups is 7. The van der Waals surface area contributed by atoms with Crippen LogP contribution >= 0.6 is 0 Å². The van der Waals surface area contributed by atoms with Gasteiger partial charge in [-0.15, -0.1) is 0 Å². The Kier molecular flexibility index (Phi) is 13.4. The Morgan fingerprint density at radius 3 is 1.55 bits per heavy atom. The van der Waals surface area contributed by atoms with Crippen LogP contribution < -0.4 is 0 Å². The molecule has 0 saturated heterocycles. The molecule has 2 rings (SSSR count). The molecule has 0 amide bonds. The Labute approximate surface area is 195 Å². The minimum absolute atomic E-state index is 0.227. The third-order valence-corrected chi connectivity index (χ3v) is 5.22. The summed E-state index contributed by atoms with van der Waals surface area (Å²) in [5.41, 5.74) is -0.776. The van der Waals surface area contributed by atoms with Gasteiger partial charge in [0.2, 0.25) is 0 Å². The van der Waals surface area contributed by atoms with Gasteiger partial charge >= 0.3 is 6.15 Å². The standard InChI is InChI=1S/C11H22O5.C10H20O4.CO2/c1-11(2,3)16-7-4-6(5-12)8(13)10(15)9(7)14;1-10(2,3)14-7-5-4-6(11)8(12)9(7)13;2-1-3/h6-10,12-15H,4-5H2,1-3H3;6-9,11-13H,4-5H2,1-3H3;/t6-,7-,8-,9+,10+;6-,7-,8+,9+;/m11./s1. The van der Waals surface area contributed by atoms with Gasteiger partial charge in [-0.05, 0) is 60.8 Å². The second-order valence-electron chi connectivity index (χ2n) is 10.4. The van der Waals surface area contributed by atoms with E-state index in [4.69, 9.17) is 24.2 Å². The van der Waals surface area contributed by atoms with Crippen LogP contribution in [0.3, 0.4) is 0 Å². The van der Waals surface area contributed by atoms with Crippen LogP contribution in [0.4, 0.5) is 0 Å². The van der Waals surface area contributed by atoms with Crippen LogP contribution in [0, 0.1) is 5.92 Å². The van der Waals surface area contributed by atoms with Crippen LogP contribution in [0.25, 0.3) is 0 Å². The number of carbonyl (C=O) groups excluding carboxylic acids is 2. The highest BCUT2D eigenvalue weighted by Gasteiger charge is 2.44. The predicted octanol–water partition coefficient (Wildman–Crippen LogP) is -1.27. The number of ether oxygens (including phenoxy) is 2. The Morgan fingerprint density at radius 2 is 1.12 bits per heavy atom. The van der Waals surface area contributed by atoms with Crippen molar-refractivity contribution < 1.29 is 54.8 Å². The molecule has 0 heterocycles. The number of aliphatic hydroxyl groups excluding tert-OH is 7. The van der Waals surface area contributed by atoms with Gasteiger partial charge < -0.3 is 45.2 Å². The second kappa shape index (κ2) is 13.8. The highest BCUT2D eigenvalue weighted by Crippen LogP contribution is 2.30. The van der Waals surface area contributed by atoms with Crippen molar-refractivity contribution in [3.63, 3.8) is 0 Å². The molecular weight excluding hydrogens is 440 g/mol. The second-order valence-corrected chi connectivity index (χ2v) is 10.4. The monoisotopic (exact) mass is 482 g/mol. The summed E-state index contributed by atoms with van der Waals surface area (Å²) < 4.78 is 11.2. The summed E-state index contributed by atoms with van der Waals surface area (Å²) >= 11 is 0. The lowest BCUT2D eigenvalue weighted by molar-refractivity contribution is -0.202. The van der Waals surface area contributed by atoms with Gasteiger partial charge in [-0.1, -0.05) is 0 Å². The minimum Gasteiger partial charge on any atom is -0.396 e. The van der Waals surface area contributed by atoms with Crippen LogP contribution in [0.2, 0.25) is 0 Å². The van der Waals surface area contributed by atoms with Crippen molar-refractivity contribution in [2.45, 2.75) is 121 Å². The van der Waals surface area contributed by atoms with Crippen LogP contribution in [-0.4, -0.2) is 109 Å². The summed E-state index contributed by atoms with van der Waals surface area (Å²) in [4.78, 5) is 16.2. The molecule has 11 nitrogen and oxygen atoms in total. The molecule has 0 aromatic heterocycles. The molecule has 2 fully saturated rings. The van der Waals surface area contributed by atoms with E-state index < -0.39 is 54.2 Å². The lowest BCUT2D eigenvalue weighted by atomic mass is 9.81. The highest BCUT2D eigenvalue weighted by atomic mass is 16.5. The van der Waals surface area contributed by atoms with E-state index in [1.54, 1.807) is 0 Å². The van der Waals surface area contributed by atoms with Gasteiger partial charge in [-0.2, -0.15) is 9.59 Å². The normalized spacial score (nSPS) is 37.1. The molecule has 2 aliphatic carbocycles. The lowest BCUT2D eigenvalue weighted by Crippen LogP contribution is -2.56. The van der Waals surface area contributed by atoms with Crippen molar-refractivity contribution in [1.82, 2.24) is 0 Å². The third-order valence-electron chi connectivity index (χ3n) is 5.22. The molecule has 196 valence electrons. The first-order valence-corrected chi connectivity index (χ1v) is 11.0. The summed E-state index contributed by atoms with van der Waals surface area (Å²) in [6.07, 6.45) is -5.68. The molecule has 11 heteroatoms. The van der Waals surface area contributed by atoms with E-state index in [0.29, 0.717) is 19.3 Å². The third kappa shape index (κ3) is 11.3. The Hall–Kier alpha value is -0.980. The largest absolute Gasteiger partial charge is 0.396 e. The molecule has 0 radical (unpaired) electrons. The summed E-state index contributed by atoms with van der Waals surface area (Å²) in [5.74, 6) is -0.453. The average molecular weight is 483 g/mol. The first-order chi connectivity index (χ1) is 15.0. The van der Waals surface area contributed by atoms with E-state index >= 15 is 0 Å². The fourth-order valence-electron chi connectivity index (χ4n) is 3.74. The molecule has 0 aliphatic heterocycles. The van der Waals surface area contributed by atoms with Crippen molar-refractivity contribution >= 4 is 6.15 Å². The maximum absolute atomic E-state index is 9.77. The summed E-state index contributed by atoms with van der Waals surface area (Å²) in [6, 6.07) is 0. The fourth-order valence-corrected chi connectivity index (χ4v) is 3.74. The molecule has 9 atom stereocenters. The van der Waals surface area contributed by atoms with E-state index in [0.717, 1.165) is 0 Å². The summed E-state index contributed by atoms with van der Waals surface area (Å²) in [5, 5.41) is 66.4. The highest BCUT2D eigenvalue weighted by molar-refractivity contribution is 5.20. The van der Waals surface area contributed by atoms with Crippen LogP contribution in [0.5, 0.6) is 0 Å². The van der Waals surface area contributed by atoms with E-state index in [2.05, 4.69) is 0 Å². The van der Waals surface area contributed by atoms with Gasteiger partial charge in [0.05, 0.1) is 35.6 Å². The van der Waals surface area contributed by atoms with Gasteiger partial charge in [0.25, 0.3) is 0 Å². The van der Waals surface area contributed by atoms with E-state index in [-0.39, 0.29) is 24.5 Å². The maximum atomic E-state index is 9.77. The fraction of sp³-hybridized carbons (Fsp3) is 0.955. The molecule has 0 aromatic rings. The molecule has 0 unspecified atom stereocenters. The molecule has 2 aliphatic rings. The van der Waals surface area contributed by atoms with Gasteiger partial charge in [0.15, 0.2) is 0 Å². The van der Waals surface area contributed by atoms with E-state index in [1.807, 2.05) is 41.5 Å². The average Bonchev–Trinajstić information content (AvgIpc) is 2.68. The number of hydrogen-bond donors (Lipinski definition) is 7. The van der Waals surface area contributed by atoms with Crippen LogP contribution in [0.15, 0.2) is 0 Å². The molecule has 33 heavy (non-hydrogen) atoms. The number of rotatable bonds is 3. The van der Waals surface area contributed by atoms with Gasteiger partial charge in [-0.3, -0.25) is 0 Å². The Morgan fingerprint density at radius 1 is 0.697 bits per heavy atom. The van der Waals surface area contributed by atoms with Crippen molar-refractivity contribution in [2.24, 2.45) is 5.92 Å². The smallest absolute Gasteiger partial charge is 0.373 e. The lowest BCUT2D eigenvalue weighted by Gasteiger charge is -2.42. The Balaban J connectivity index is 0.000000558. The molecule has 0 bridgehead atoms. The predicted molar refractivity (Wildman–Crippen MR) is 115 cm³/mol. The van der Waals surface area contributed by atoms with E-state index in [9.17, 15) is 30.6 Å². The summed E-state index contributed by atoms with van der Waals surface area (Å²) in [6.45, 7) is 11.0. The molecular formula is C22H42O11. The zero-order chi connectivity index (χ0) is 26.1. The minimum atomic E-state index is -1.27. The van der Waals surface area contributed by atoms with E-state index in [1.165, 1.54) is 0 Å². The zero-order valence-corrected chi connectivity index (χ0v) is 20.3. The van der Waals surface area contributed by atoms with Crippen LogP contribution in [-0.2, 0) is 19.1 Å². The maximum Gasteiger partial charge on any atom is 0.373 e. The topological polar surface area (TPSA) is 194 Å². The number of hydrogen-bond acceptors (Lipinski definition) is 11. The molecule has 2 saturated carbocycles. The van der Waals surface area contributed by atoms with Crippen molar-refractivity contribution in [2.75, 3.05) is 6.61 Å². The van der Waals surface area contributed by atoms with Gasteiger partial charge in [0, 0.05) is 12.5 Å².